The van der Waals surface area contributed by atoms with E-state index in [0.717, 1.165) is 24.1 Å². The maximum atomic E-state index is 13.1. The van der Waals surface area contributed by atoms with E-state index >= 15 is 0 Å². The Labute approximate surface area is 141 Å². The lowest BCUT2D eigenvalue weighted by atomic mass is 9.90. The first kappa shape index (κ1) is 14.9. The van der Waals surface area contributed by atoms with E-state index in [1.165, 1.54) is 24.0 Å². The summed E-state index contributed by atoms with van der Waals surface area (Å²) in [5.41, 5.74) is 10.6. The van der Waals surface area contributed by atoms with Crippen molar-refractivity contribution in [2.24, 2.45) is 5.73 Å². The van der Waals surface area contributed by atoms with E-state index in [2.05, 4.69) is 6.07 Å². The van der Waals surface area contributed by atoms with Crippen LogP contribution in [0.15, 0.2) is 42.5 Å². The molecule has 0 saturated heterocycles. The number of anilines is 1. The van der Waals surface area contributed by atoms with Crippen LogP contribution in [-0.4, -0.2) is 17.9 Å². The molecule has 0 aromatic heterocycles. The zero-order valence-corrected chi connectivity index (χ0v) is 13.5. The third-order valence-corrected chi connectivity index (χ3v) is 5.12. The summed E-state index contributed by atoms with van der Waals surface area (Å²) in [6.07, 6.45) is 4.97. The zero-order chi connectivity index (χ0) is 16.7. The first-order chi connectivity index (χ1) is 11.6. The topological polar surface area (TPSA) is 63.4 Å². The van der Waals surface area contributed by atoms with E-state index in [9.17, 15) is 9.59 Å². The van der Waals surface area contributed by atoms with Gasteiger partial charge in [-0.1, -0.05) is 24.3 Å². The van der Waals surface area contributed by atoms with Gasteiger partial charge in [0.25, 0.3) is 5.91 Å². The van der Waals surface area contributed by atoms with Gasteiger partial charge in [-0.05, 0) is 60.6 Å². The fourth-order valence-corrected chi connectivity index (χ4v) is 3.87. The molecule has 0 fully saturated rings. The smallest absolute Gasteiger partial charge is 0.259 e. The van der Waals surface area contributed by atoms with Crippen LogP contribution in [0.5, 0.6) is 0 Å². The molecule has 2 aliphatic rings. The quantitative estimate of drug-likeness (QED) is 0.924. The van der Waals surface area contributed by atoms with Crippen molar-refractivity contribution in [3.05, 3.63) is 64.7 Å². The van der Waals surface area contributed by atoms with Gasteiger partial charge in [-0.2, -0.15) is 0 Å². The Morgan fingerprint density at radius 1 is 0.958 bits per heavy atom. The summed E-state index contributed by atoms with van der Waals surface area (Å²) in [4.78, 5) is 26.6. The minimum Gasteiger partial charge on any atom is -0.368 e. The molecule has 1 unspecified atom stereocenters. The molecular formula is C20H20N2O2. The second-order valence-corrected chi connectivity index (χ2v) is 6.62. The Morgan fingerprint density at radius 3 is 2.50 bits per heavy atom. The van der Waals surface area contributed by atoms with E-state index < -0.39 is 11.9 Å². The van der Waals surface area contributed by atoms with Crippen LogP contribution in [-0.2, 0) is 24.1 Å². The van der Waals surface area contributed by atoms with Crippen molar-refractivity contribution in [3.8, 4) is 0 Å². The Balaban J connectivity index is 1.73. The molecule has 0 radical (unpaired) electrons. The normalized spacial score (nSPS) is 18.8. The molecule has 4 nitrogen and oxygen atoms in total. The van der Waals surface area contributed by atoms with Gasteiger partial charge in [-0.3, -0.25) is 14.5 Å². The molecule has 2 aromatic rings. The summed E-state index contributed by atoms with van der Waals surface area (Å²) >= 11 is 0. The summed E-state index contributed by atoms with van der Waals surface area (Å²) in [5, 5.41) is 0. The number of nitrogens with zero attached hydrogens (tertiary/aromatic N) is 1. The molecular weight excluding hydrogens is 300 g/mol. The van der Waals surface area contributed by atoms with Crippen molar-refractivity contribution in [2.45, 2.75) is 38.1 Å². The van der Waals surface area contributed by atoms with Gasteiger partial charge in [0.1, 0.15) is 6.04 Å². The largest absolute Gasteiger partial charge is 0.368 e. The fraction of sp³-hybridized carbons (Fsp3) is 0.300. The Bertz CT molecular complexity index is 828. The molecule has 1 aliphatic carbocycles. The maximum Gasteiger partial charge on any atom is 0.259 e. The fourth-order valence-electron chi connectivity index (χ4n) is 3.87. The van der Waals surface area contributed by atoms with E-state index in [4.69, 9.17) is 5.73 Å². The predicted octanol–water partition coefficient (Wildman–Crippen LogP) is 2.62. The number of rotatable bonds is 2. The van der Waals surface area contributed by atoms with Crippen LogP contribution in [0.4, 0.5) is 5.69 Å². The van der Waals surface area contributed by atoms with Crippen molar-refractivity contribution in [2.75, 3.05) is 4.90 Å². The Hall–Kier alpha value is -2.62. The number of hydrogen-bond acceptors (Lipinski definition) is 2. The minimum absolute atomic E-state index is 0.142. The highest BCUT2D eigenvalue weighted by molar-refractivity contribution is 6.11. The summed E-state index contributed by atoms with van der Waals surface area (Å²) in [6.45, 7) is 0. The molecule has 2 N–H and O–H groups in total. The molecule has 24 heavy (non-hydrogen) atoms. The molecule has 4 rings (SSSR count). The van der Waals surface area contributed by atoms with E-state index in [-0.39, 0.29) is 5.91 Å². The number of nitrogens with two attached hydrogens (primary N) is 1. The first-order valence-corrected chi connectivity index (χ1v) is 8.48. The lowest BCUT2D eigenvalue weighted by Gasteiger charge is -2.24. The van der Waals surface area contributed by atoms with Crippen LogP contribution in [0.3, 0.4) is 0 Å². The molecule has 1 atom stereocenters. The number of fused-ring (bicyclic) bond motifs is 2. The Morgan fingerprint density at radius 2 is 1.71 bits per heavy atom. The molecule has 122 valence electrons. The summed E-state index contributed by atoms with van der Waals surface area (Å²) in [6, 6.07) is 13.0. The second-order valence-electron chi connectivity index (χ2n) is 6.62. The van der Waals surface area contributed by atoms with Gasteiger partial charge in [0.2, 0.25) is 5.91 Å². The third kappa shape index (κ3) is 2.39. The SMILES string of the molecule is NC(=O)C1Cc2ccccc2N1C(=O)c1ccc2c(c1)CCCC2. The third-order valence-electron chi connectivity index (χ3n) is 5.12. The van der Waals surface area contributed by atoms with Gasteiger partial charge in [-0.25, -0.2) is 0 Å². The number of hydrogen-bond donors (Lipinski definition) is 1. The van der Waals surface area contributed by atoms with Crippen molar-refractivity contribution in [3.63, 3.8) is 0 Å². The van der Waals surface area contributed by atoms with Crippen molar-refractivity contribution >= 4 is 17.5 Å². The first-order valence-electron chi connectivity index (χ1n) is 8.48. The van der Waals surface area contributed by atoms with Gasteiger partial charge in [0, 0.05) is 17.7 Å². The van der Waals surface area contributed by atoms with Crippen molar-refractivity contribution in [1.29, 1.82) is 0 Å². The van der Waals surface area contributed by atoms with Gasteiger partial charge in [0.05, 0.1) is 0 Å². The average Bonchev–Trinajstić information content (AvgIpc) is 3.00. The zero-order valence-electron chi connectivity index (χ0n) is 13.5. The second kappa shape index (κ2) is 5.78. The van der Waals surface area contributed by atoms with Crippen molar-refractivity contribution < 1.29 is 9.59 Å². The van der Waals surface area contributed by atoms with Crippen LogP contribution in [0.25, 0.3) is 0 Å². The van der Waals surface area contributed by atoms with Crippen LogP contribution >= 0.6 is 0 Å². The predicted molar refractivity (Wildman–Crippen MR) is 93.0 cm³/mol. The molecule has 1 aliphatic heterocycles. The maximum absolute atomic E-state index is 13.1. The van der Waals surface area contributed by atoms with Gasteiger partial charge in [-0.15, -0.1) is 0 Å². The number of para-hydroxylation sites is 1. The van der Waals surface area contributed by atoms with Gasteiger partial charge < -0.3 is 5.73 Å². The number of primary amides is 1. The van der Waals surface area contributed by atoms with Crippen LogP contribution < -0.4 is 10.6 Å². The highest BCUT2D eigenvalue weighted by Crippen LogP contribution is 2.33. The number of aryl methyl sites for hydroxylation is 2. The minimum atomic E-state index is -0.606. The number of benzene rings is 2. The molecule has 1 heterocycles. The summed E-state index contributed by atoms with van der Waals surface area (Å²) in [7, 11) is 0. The van der Waals surface area contributed by atoms with Gasteiger partial charge in [0.15, 0.2) is 0 Å². The monoisotopic (exact) mass is 320 g/mol. The lowest BCUT2D eigenvalue weighted by Crippen LogP contribution is -2.46. The summed E-state index contributed by atoms with van der Waals surface area (Å²) < 4.78 is 0. The van der Waals surface area contributed by atoms with Crippen LogP contribution in [0, 0.1) is 0 Å². The molecule has 2 aromatic carbocycles. The number of carbonyl (C=O) groups is 2. The Kier molecular flexibility index (Phi) is 3.60. The molecule has 2 amide bonds. The van der Waals surface area contributed by atoms with Crippen LogP contribution in [0.1, 0.15) is 39.9 Å². The summed E-state index contributed by atoms with van der Waals surface area (Å²) in [5.74, 6) is -0.602. The van der Waals surface area contributed by atoms with Crippen molar-refractivity contribution in [1.82, 2.24) is 0 Å². The highest BCUT2D eigenvalue weighted by Gasteiger charge is 2.37. The van der Waals surface area contributed by atoms with Gasteiger partial charge >= 0.3 is 0 Å². The van der Waals surface area contributed by atoms with Crippen LogP contribution in [0.2, 0.25) is 0 Å². The standard InChI is InChI=1S/C20H20N2O2/c21-19(23)18-12-15-7-3-4-8-17(15)22(18)20(24)16-10-9-13-5-1-2-6-14(13)11-16/h3-4,7-11,18H,1-2,5-6,12H2,(H2,21,23). The average molecular weight is 320 g/mol. The molecule has 4 heteroatoms. The van der Waals surface area contributed by atoms with E-state index in [0.29, 0.717) is 12.0 Å². The molecule has 0 spiro atoms. The molecule has 0 bridgehead atoms. The highest BCUT2D eigenvalue weighted by atomic mass is 16.2. The van der Waals surface area contributed by atoms with E-state index in [1.54, 1.807) is 4.90 Å². The lowest BCUT2D eigenvalue weighted by molar-refractivity contribution is -0.119. The van der Waals surface area contributed by atoms with E-state index in [1.807, 2.05) is 36.4 Å². The number of amides is 2. The number of carbonyl (C=O) groups excluding carboxylic acids is 2. The molecule has 0 saturated carbocycles.